The molecule has 14 heteroatoms. The summed E-state index contributed by atoms with van der Waals surface area (Å²) in [6, 6.07) is 13.4. The number of halogens is 4. The van der Waals surface area contributed by atoms with Crippen LogP contribution in [0, 0.1) is 4.91 Å². The zero-order valence-corrected chi connectivity index (χ0v) is 21.4. The number of carbonyl (C=O) groups is 1. The molecule has 3 aromatic heterocycles. The van der Waals surface area contributed by atoms with Crippen LogP contribution in [-0.4, -0.2) is 25.4 Å². The summed E-state index contributed by atoms with van der Waals surface area (Å²) in [7, 11) is 0. The van der Waals surface area contributed by atoms with Crippen molar-refractivity contribution in [1.29, 1.82) is 0 Å². The highest BCUT2D eigenvalue weighted by Crippen LogP contribution is 2.45. The largest absolute Gasteiger partial charge is 0.457 e. The van der Waals surface area contributed by atoms with E-state index in [2.05, 4.69) is 15.4 Å². The molecule has 0 aliphatic carbocycles. The first-order valence-corrected chi connectivity index (χ1v) is 12.4. The van der Waals surface area contributed by atoms with E-state index in [0.29, 0.717) is 20.8 Å². The Hall–Kier alpha value is -4.49. The van der Waals surface area contributed by atoms with Gasteiger partial charge in [-0.1, -0.05) is 17.7 Å². The van der Waals surface area contributed by atoms with E-state index in [1.54, 1.807) is 41.8 Å². The van der Waals surface area contributed by atoms with Crippen LogP contribution in [0.15, 0.2) is 66.2 Å². The number of fused-ring (bicyclic) bond motifs is 1. The molecule has 2 aromatic carbocycles. The topological polar surface area (TPSA) is 115 Å². The molecular formula is C25H17ClF3N6O3S+. The standard InChI is InChI=1S/C25H16ClF3N6O3S/c1-13(36)32-15-4-6-17(7-5-15)38-18-10-14(9-16(11-18)35(30)37)21-22(20-3-2-8-39-20)33-24-19(26)12-31-34(24)23(21)25(27,28)29/h2-12H,1H3,(H2-,30,32,36,37)/p+1. The molecule has 9 nitrogen and oxygen atoms in total. The molecule has 0 unspecified atom stereocenters. The summed E-state index contributed by atoms with van der Waals surface area (Å²) < 4.78 is 50.4. The van der Waals surface area contributed by atoms with Crippen molar-refractivity contribution in [3.8, 4) is 33.2 Å². The van der Waals surface area contributed by atoms with Crippen molar-refractivity contribution in [2.24, 2.45) is 5.84 Å². The maximum atomic E-state index is 14.6. The Balaban J connectivity index is 1.73. The lowest BCUT2D eigenvalue weighted by molar-refractivity contribution is -0.474. The minimum absolute atomic E-state index is 0.00976. The van der Waals surface area contributed by atoms with Crippen LogP contribution in [-0.2, 0) is 11.0 Å². The predicted octanol–water partition coefficient (Wildman–Crippen LogP) is 6.83. The van der Waals surface area contributed by atoms with Gasteiger partial charge < -0.3 is 10.1 Å². The number of anilines is 1. The van der Waals surface area contributed by atoms with Gasteiger partial charge in [0, 0.05) is 24.2 Å². The number of aromatic nitrogens is 3. The van der Waals surface area contributed by atoms with Gasteiger partial charge in [0.05, 0.1) is 27.7 Å². The van der Waals surface area contributed by atoms with E-state index in [1.165, 1.54) is 36.5 Å². The van der Waals surface area contributed by atoms with E-state index in [9.17, 15) is 22.9 Å². The van der Waals surface area contributed by atoms with Gasteiger partial charge in [0.25, 0.3) is 5.69 Å². The summed E-state index contributed by atoms with van der Waals surface area (Å²) in [6.45, 7) is 1.36. The van der Waals surface area contributed by atoms with E-state index < -0.39 is 11.9 Å². The number of nitrogens with one attached hydrogen (secondary N) is 1. The number of amides is 1. The van der Waals surface area contributed by atoms with Gasteiger partial charge in [-0.05, 0) is 47.3 Å². The number of carbonyl (C=O) groups excluding carboxylic acids is 1. The van der Waals surface area contributed by atoms with Gasteiger partial charge in [-0.3, -0.25) is 4.79 Å². The normalized spacial score (nSPS) is 11.5. The molecule has 0 saturated heterocycles. The molecule has 0 radical (unpaired) electrons. The first kappa shape index (κ1) is 26.1. The lowest BCUT2D eigenvalue weighted by Crippen LogP contribution is -2.17. The first-order chi connectivity index (χ1) is 18.5. The monoisotopic (exact) mass is 573 g/mol. The summed E-state index contributed by atoms with van der Waals surface area (Å²) >= 11 is 7.31. The number of benzene rings is 2. The predicted molar refractivity (Wildman–Crippen MR) is 140 cm³/mol. The number of nitrogens with zero attached hydrogens (tertiary/aromatic N) is 4. The maximum absolute atomic E-state index is 14.6. The van der Waals surface area contributed by atoms with Crippen molar-refractivity contribution < 1.29 is 27.6 Å². The average Bonchev–Trinajstić information content (AvgIpc) is 3.53. The van der Waals surface area contributed by atoms with Crippen LogP contribution in [0.25, 0.3) is 27.3 Å². The van der Waals surface area contributed by atoms with Crippen molar-refractivity contribution >= 4 is 45.9 Å². The van der Waals surface area contributed by atoms with E-state index in [1.807, 2.05) is 0 Å². The quantitative estimate of drug-likeness (QED) is 0.131. The summed E-state index contributed by atoms with van der Waals surface area (Å²) in [4.78, 5) is 28.3. The fraction of sp³-hybridized carbons (Fsp3) is 0.0800. The minimum atomic E-state index is -4.89. The number of ether oxygens (including phenoxy) is 1. The minimum Gasteiger partial charge on any atom is -0.457 e. The number of hydrazine groups is 1. The second-order valence-corrected chi connectivity index (χ2v) is 9.59. The van der Waals surface area contributed by atoms with Crippen molar-refractivity contribution in [1.82, 2.24) is 14.6 Å². The van der Waals surface area contributed by atoms with Crippen LogP contribution in [0.2, 0.25) is 5.02 Å². The SMILES string of the molecule is CC(=O)Nc1ccc(Oc2cc(-c3c(-c4cccs4)nc4c(Cl)cnn4c3C(F)(F)F)cc([N+](N)=O)c2)cc1. The Morgan fingerprint density at radius 1 is 1.15 bits per heavy atom. The molecule has 1 amide bonds. The third kappa shape index (κ3) is 5.26. The van der Waals surface area contributed by atoms with Crippen molar-refractivity contribution in [3.05, 3.63) is 81.8 Å². The van der Waals surface area contributed by atoms with Gasteiger partial charge >= 0.3 is 6.18 Å². The number of nitrogens with two attached hydrogens (primary N) is 1. The molecule has 3 heterocycles. The first-order valence-electron chi connectivity index (χ1n) is 11.1. The number of alkyl halides is 3. The van der Waals surface area contributed by atoms with Crippen LogP contribution in [0.5, 0.6) is 11.5 Å². The van der Waals surface area contributed by atoms with Crippen molar-refractivity contribution in [2.75, 3.05) is 5.32 Å². The molecule has 198 valence electrons. The van der Waals surface area contributed by atoms with Crippen LogP contribution >= 0.6 is 22.9 Å². The number of hydrogen-bond donors (Lipinski definition) is 2. The smallest absolute Gasteiger partial charge is 0.434 e. The van der Waals surface area contributed by atoms with Gasteiger partial charge in [-0.2, -0.15) is 24.1 Å². The lowest BCUT2D eigenvalue weighted by atomic mass is 9.99. The molecule has 0 aliphatic heterocycles. The van der Waals surface area contributed by atoms with Crippen LogP contribution in [0.4, 0.5) is 24.5 Å². The average molecular weight is 574 g/mol. The second-order valence-electron chi connectivity index (χ2n) is 8.24. The van der Waals surface area contributed by atoms with E-state index in [4.69, 9.17) is 22.2 Å². The zero-order chi connectivity index (χ0) is 27.9. The number of hydrogen-bond acceptors (Lipinski definition) is 6. The maximum Gasteiger partial charge on any atom is 0.434 e. The van der Waals surface area contributed by atoms with Crippen molar-refractivity contribution in [2.45, 2.75) is 13.1 Å². The van der Waals surface area contributed by atoms with Crippen LogP contribution in [0.1, 0.15) is 12.6 Å². The molecule has 0 fully saturated rings. The van der Waals surface area contributed by atoms with E-state index >= 15 is 0 Å². The molecule has 5 aromatic rings. The second kappa shape index (κ2) is 10.0. The van der Waals surface area contributed by atoms with Crippen LogP contribution in [0.3, 0.4) is 0 Å². The Kier molecular flexibility index (Phi) is 6.70. The zero-order valence-electron chi connectivity index (χ0n) is 19.9. The molecule has 0 aliphatic rings. The molecule has 3 N–H and O–H groups in total. The highest BCUT2D eigenvalue weighted by atomic mass is 35.5. The van der Waals surface area contributed by atoms with E-state index in [0.717, 1.165) is 6.20 Å². The highest BCUT2D eigenvalue weighted by Gasteiger charge is 2.40. The van der Waals surface area contributed by atoms with Gasteiger partial charge in [-0.15, -0.1) is 11.3 Å². The van der Waals surface area contributed by atoms with Gasteiger partial charge in [0.15, 0.2) is 16.2 Å². The molecule has 0 spiro atoms. The fourth-order valence-corrected chi connectivity index (χ4v) is 4.84. The summed E-state index contributed by atoms with van der Waals surface area (Å²) in [6.07, 6.45) is -3.82. The van der Waals surface area contributed by atoms with Crippen molar-refractivity contribution in [3.63, 3.8) is 0 Å². The number of thiophene rings is 1. The van der Waals surface area contributed by atoms with Crippen LogP contribution < -0.4 is 15.9 Å². The molecule has 5 rings (SSSR count). The number of nitroso groups, excluding NO2 is 1. The lowest BCUT2D eigenvalue weighted by Gasteiger charge is -2.18. The fourth-order valence-electron chi connectivity index (χ4n) is 3.95. The van der Waals surface area contributed by atoms with Gasteiger partial charge in [-0.25, -0.2) is 9.50 Å². The van der Waals surface area contributed by atoms with E-state index in [-0.39, 0.29) is 49.7 Å². The third-order valence-electron chi connectivity index (χ3n) is 5.47. The molecule has 39 heavy (non-hydrogen) atoms. The summed E-state index contributed by atoms with van der Waals surface area (Å²) in [5.74, 6) is 5.52. The molecule has 0 atom stereocenters. The molecular weight excluding hydrogens is 557 g/mol. The molecule has 0 saturated carbocycles. The Morgan fingerprint density at radius 2 is 1.90 bits per heavy atom. The third-order valence-corrected chi connectivity index (χ3v) is 6.62. The van der Waals surface area contributed by atoms with Gasteiger partial charge in [0.1, 0.15) is 16.5 Å². The molecule has 0 bridgehead atoms. The Bertz CT molecular complexity index is 1720. The summed E-state index contributed by atoms with van der Waals surface area (Å²) in [5.41, 5.74) is -1.35. The van der Waals surface area contributed by atoms with Gasteiger partial charge in [0.2, 0.25) is 5.91 Å². The Labute approximate surface area is 227 Å². The number of rotatable bonds is 6. The summed E-state index contributed by atoms with van der Waals surface area (Å²) in [5, 5.41) is 8.08. The highest BCUT2D eigenvalue weighted by molar-refractivity contribution is 7.13. The Morgan fingerprint density at radius 3 is 2.51 bits per heavy atom.